The first-order valence-corrected chi connectivity index (χ1v) is 4.15. The summed E-state index contributed by atoms with van der Waals surface area (Å²) in [5.41, 5.74) is 2.75. The number of rotatable bonds is 0. The first-order chi connectivity index (χ1) is 5.95. The molecule has 0 aromatic carbocycles. The first-order valence-electron chi connectivity index (χ1n) is 4.15. The molecular formula is C12H8. The highest BCUT2D eigenvalue weighted by molar-refractivity contribution is 5.67. The van der Waals surface area contributed by atoms with Crippen molar-refractivity contribution in [3.63, 3.8) is 0 Å². The minimum atomic E-state index is 1.37. The first kappa shape index (κ1) is 6.01. The van der Waals surface area contributed by atoms with Crippen molar-refractivity contribution in [2.75, 3.05) is 0 Å². The van der Waals surface area contributed by atoms with E-state index in [-0.39, 0.29) is 0 Å². The molecule has 0 radical (unpaired) electrons. The molecule has 0 saturated heterocycles. The van der Waals surface area contributed by atoms with Crippen LogP contribution in [0.5, 0.6) is 0 Å². The molecule has 3 rings (SSSR count). The summed E-state index contributed by atoms with van der Waals surface area (Å²) in [4.78, 5) is 0. The lowest BCUT2D eigenvalue weighted by Gasteiger charge is -2.12. The third kappa shape index (κ3) is 0.620. The summed E-state index contributed by atoms with van der Waals surface area (Å²) < 4.78 is 0. The van der Waals surface area contributed by atoms with Crippen molar-refractivity contribution in [2.24, 2.45) is 0 Å². The van der Waals surface area contributed by atoms with Crippen molar-refractivity contribution in [1.29, 1.82) is 0 Å². The predicted molar refractivity (Wildman–Crippen MR) is 51.3 cm³/mol. The van der Waals surface area contributed by atoms with E-state index < -0.39 is 0 Å². The van der Waals surface area contributed by atoms with Crippen molar-refractivity contribution in [3.8, 4) is 0 Å². The van der Waals surface area contributed by atoms with Gasteiger partial charge in [0.1, 0.15) is 0 Å². The Bertz CT molecular complexity index is 470. The molecule has 0 heterocycles. The molecule has 0 fully saturated rings. The van der Waals surface area contributed by atoms with E-state index in [0.717, 1.165) is 0 Å². The average molecular weight is 152 g/mol. The van der Waals surface area contributed by atoms with Gasteiger partial charge in [-0.05, 0) is 33.7 Å². The van der Waals surface area contributed by atoms with Gasteiger partial charge in [0, 0.05) is 0 Å². The molecule has 0 amide bonds. The fraction of sp³-hybridized carbons (Fsp3) is 0. The quantitative estimate of drug-likeness (QED) is 0.544. The summed E-state index contributed by atoms with van der Waals surface area (Å²) >= 11 is 0. The molecule has 0 aromatic rings. The van der Waals surface area contributed by atoms with Crippen LogP contribution in [0.3, 0.4) is 0 Å². The van der Waals surface area contributed by atoms with E-state index in [1.807, 2.05) is 0 Å². The Kier molecular flexibility index (Phi) is 0.991. The number of benzene rings is 1. The Morgan fingerprint density at radius 2 is 1.25 bits per heavy atom. The van der Waals surface area contributed by atoms with E-state index in [1.54, 1.807) is 0 Å². The number of hydrogen-bond donors (Lipinski definition) is 0. The van der Waals surface area contributed by atoms with Gasteiger partial charge in [-0.3, -0.25) is 0 Å². The van der Waals surface area contributed by atoms with Crippen LogP contribution >= 0.6 is 0 Å². The molecule has 0 spiro atoms. The lowest BCUT2D eigenvalue weighted by Crippen LogP contribution is -1.96. The normalized spacial score (nSPS) is 23.3. The topological polar surface area (TPSA) is 0 Å². The SMILES string of the molecule is C1=C\C=C/c2cc3cc(c2=3)\C=C/1. The zero-order chi connectivity index (χ0) is 7.97. The van der Waals surface area contributed by atoms with Gasteiger partial charge in [-0.25, -0.2) is 0 Å². The third-order valence-electron chi connectivity index (χ3n) is 2.37. The second-order valence-electron chi connectivity index (χ2n) is 3.13. The van der Waals surface area contributed by atoms with Crippen LogP contribution in [0.4, 0.5) is 0 Å². The van der Waals surface area contributed by atoms with E-state index in [0.29, 0.717) is 0 Å². The van der Waals surface area contributed by atoms with Crippen molar-refractivity contribution < 1.29 is 0 Å². The second kappa shape index (κ2) is 1.98. The summed E-state index contributed by atoms with van der Waals surface area (Å²) in [6.07, 6.45) is 12.6. The van der Waals surface area contributed by atoms with Gasteiger partial charge in [-0.15, -0.1) is 0 Å². The molecule has 3 aliphatic rings. The summed E-state index contributed by atoms with van der Waals surface area (Å²) in [7, 11) is 0. The Morgan fingerprint density at radius 3 is 1.75 bits per heavy atom. The molecule has 0 aromatic heterocycles. The monoisotopic (exact) mass is 152 g/mol. The highest BCUT2D eigenvalue weighted by Crippen LogP contribution is 2.24. The van der Waals surface area contributed by atoms with E-state index in [9.17, 15) is 0 Å². The van der Waals surface area contributed by atoms with Crippen molar-refractivity contribution in [3.05, 3.63) is 58.0 Å². The Balaban J connectivity index is 2.30. The zero-order valence-electron chi connectivity index (χ0n) is 6.62. The van der Waals surface area contributed by atoms with Gasteiger partial charge in [0.15, 0.2) is 0 Å². The van der Waals surface area contributed by atoms with E-state index in [1.165, 1.54) is 21.6 Å². The molecule has 0 bridgehead atoms. The van der Waals surface area contributed by atoms with E-state index >= 15 is 0 Å². The molecule has 0 aliphatic heterocycles. The maximum atomic E-state index is 2.22. The van der Waals surface area contributed by atoms with Crippen molar-refractivity contribution >= 4 is 12.2 Å². The van der Waals surface area contributed by atoms with Crippen LogP contribution in [0, 0.1) is 10.4 Å². The second-order valence-corrected chi connectivity index (χ2v) is 3.13. The molecule has 0 N–H and O–H groups in total. The minimum Gasteiger partial charge on any atom is -0.0622 e. The summed E-state index contributed by atoms with van der Waals surface area (Å²) in [5.74, 6) is 0. The lowest BCUT2D eigenvalue weighted by molar-refractivity contribution is 1.33. The highest BCUT2D eigenvalue weighted by Gasteiger charge is 2.08. The predicted octanol–water partition coefficient (Wildman–Crippen LogP) is 2.88. The van der Waals surface area contributed by atoms with Crippen LogP contribution in [-0.2, 0) is 0 Å². The van der Waals surface area contributed by atoms with Gasteiger partial charge in [0.05, 0.1) is 0 Å². The fourth-order valence-corrected chi connectivity index (χ4v) is 1.72. The fourth-order valence-electron chi connectivity index (χ4n) is 1.72. The van der Waals surface area contributed by atoms with Crippen molar-refractivity contribution in [2.45, 2.75) is 0 Å². The van der Waals surface area contributed by atoms with Gasteiger partial charge in [0.25, 0.3) is 0 Å². The van der Waals surface area contributed by atoms with E-state index in [4.69, 9.17) is 0 Å². The summed E-state index contributed by atoms with van der Waals surface area (Å²) in [5, 5.41) is 2.86. The minimum absolute atomic E-state index is 1.37. The largest absolute Gasteiger partial charge is 0.0622 e. The molecule has 12 heavy (non-hydrogen) atoms. The number of allylic oxidation sites excluding steroid dienone is 4. The van der Waals surface area contributed by atoms with Crippen LogP contribution in [0.2, 0.25) is 0 Å². The van der Waals surface area contributed by atoms with Crippen LogP contribution < -0.4 is 0 Å². The summed E-state index contributed by atoms with van der Waals surface area (Å²) in [6, 6.07) is 4.45. The Hall–Kier alpha value is -1.56. The third-order valence-corrected chi connectivity index (χ3v) is 2.37. The molecule has 0 nitrogen and oxygen atoms in total. The van der Waals surface area contributed by atoms with E-state index in [2.05, 4.69) is 48.6 Å². The lowest BCUT2D eigenvalue weighted by atomic mass is 9.92. The molecule has 3 aliphatic carbocycles. The number of hydrogen-bond acceptors (Lipinski definition) is 0. The van der Waals surface area contributed by atoms with Gasteiger partial charge in [-0.1, -0.05) is 36.5 Å². The van der Waals surface area contributed by atoms with Crippen molar-refractivity contribution in [1.82, 2.24) is 0 Å². The molecular weight excluding hydrogens is 144 g/mol. The molecule has 56 valence electrons. The Labute approximate surface area is 70.9 Å². The van der Waals surface area contributed by atoms with Crippen LogP contribution in [0.1, 0.15) is 11.1 Å². The molecule has 0 saturated carbocycles. The van der Waals surface area contributed by atoms with Gasteiger partial charge in [0.2, 0.25) is 0 Å². The van der Waals surface area contributed by atoms with Crippen LogP contribution in [-0.4, -0.2) is 0 Å². The smallest absolute Gasteiger partial charge is 0.00380 e. The van der Waals surface area contributed by atoms with Gasteiger partial charge in [-0.2, -0.15) is 0 Å². The maximum Gasteiger partial charge on any atom is -0.00380 e. The van der Waals surface area contributed by atoms with Gasteiger partial charge < -0.3 is 0 Å². The zero-order valence-corrected chi connectivity index (χ0v) is 6.62. The van der Waals surface area contributed by atoms with Gasteiger partial charge >= 0.3 is 0 Å². The van der Waals surface area contributed by atoms with Crippen LogP contribution in [0.15, 0.2) is 36.4 Å². The molecule has 0 unspecified atom stereocenters. The standard InChI is InChI=1S/C12H8/c1-2-4-6-10-8-11-7-9(5-3-1)12(10)11/h1-8H/b2-1-,5-3-,6-4-. The Morgan fingerprint density at radius 1 is 0.667 bits per heavy atom. The molecule has 0 heteroatoms. The average Bonchev–Trinajstić information content (AvgIpc) is 2.10. The highest BCUT2D eigenvalue weighted by atomic mass is 14.1. The maximum absolute atomic E-state index is 2.22. The molecule has 0 atom stereocenters. The van der Waals surface area contributed by atoms with Crippen LogP contribution in [0.25, 0.3) is 12.2 Å². The summed E-state index contributed by atoms with van der Waals surface area (Å²) in [6.45, 7) is 0.